The number of oxazole rings is 1. The number of imide groups is 1. The van der Waals surface area contributed by atoms with Crippen LogP contribution in [-0.4, -0.2) is 113 Å². The van der Waals surface area contributed by atoms with Crippen LogP contribution in [0.25, 0.3) is 22.0 Å². The molecule has 9 rings (SSSR count). The lowest BCUT2D eigenvalue weighted by atomic mass is 9.99. The minimum absolute atomic E-state index is 0.189. The van der Waals surface area contributed by atoms with E-state index in [1.807, 2.05) is 50.2 Å². The van der Waals surface area contributed by atoms with Crippen molar-refractivity contribution in [2.75, 3.05) is 81.3 Å². The number of nitrogens with one attached hydrogen (secondary N) is 3. The molecule has 3 saturated heterocycles. The maximum absolute atomic E-state index is 13.8. The van der Waals surface area contributed by atoms with Crippen LogP contribution in [0.5, 0.6) is 5.75 Å². The average Bonchev–Trinajstić information content (AvgIpc) is 3.65. The van der Waals surface area contributed by atoms with Crippen LogP contribution in [0.3, 0.4) is 0 Å². The fraction of sp³-hybridized carbons (Fsp3) is 0.451. The summed E-state index contributed by atoms with van der Waals surface area (Å²) in [4.78, 5) is 59.2. The van der Waals surface area contributed by atoms with Gasteiger partial charge in [0.2, 0.25) is 17.8 Å². The number of piperidine rings is 2. The van der Waals surface area contributed by atoms with Crippen molar-refractivity contribution >= 4 is 91.0 Å². The summed E-state index contributed by atoms with van der Waals surface area (Å²) in [5.74, 6) is 0.314. The number of amides is 2. The molecule has 3 N–H and O–H groups in total. The monoisotopic (exact) mass is 1020 g/mol. The minimum atomic E-state index is -2.74. The van der Waals surface area contributed by atoms with Crippen molar-refractivity contribution in [2.24, 2.45) is 0 Å². The molecule has 0 radical (unpaired) electrons. The molecule has 3 aliphatic rings. The predicted octanol–water partition coefficient (Wildman–Crippen LogP) is 8.07. The third-order valence-corrected chi connectivity index (χ3v) is 16.1. The SMILES string of the molecule is CCOc1cc(N2CCC(N3CCN(CCc4cc5oc(=O)n(C6CCC(=O)NC6=O)c5cc4C)CC3)CC2)c(CC)cc1Nc1ncc(Br)c(Nc2ccc3nc(CC)ccc3c2P(C)(C)=O)n1. The molecule has 0 aliphatic carbocycles. The molecule has 0 spiro atoms. The summed E-state index contributed by atoms with van der Waals surface area (Å²) >= 11 is 3.64. The first-order valence-corrected chi connectivity index (χ1v) is 27.6. The van der Waals surface area contributed by atoms with Gasteiger partial charge in [0.25, 0.3) is 0 Å². The Hall–Kier alpha value is -5.61. The number of halogens is 1. The summed E-state index contributed by atoms with van der Waals surface area (Å²) in [6, 6.07) is 15.9. The van der Waals surface area contributed by atoms with Crippen LogP contribution < -0.4 is 36.6 Å². The van der Waals surface area contributed by atoms with E-state index in [0.29, 0.717) is 45.7 Å². The fourth-order valence-corrected chi connectivity index (χ4v) is 12.0. The van der Waals surface area contributed by atoms with Gasteiger partial charge in [0.05, 0.1) is 33.5 Å². The number of rotatable bonds is 15. The molecule has 6 heterocycles. The second-order valence-electron chi connectivity index (χ2n) is 18.7. The van der Waals surface area contributed by atoms with Crippen molar-refractivity contribution < 1.29 is 23.3 Å². The lowest BCUT2D eigenvalue weighted by Crippen LogP contribution is -2.53. The Morgan fingerprint density at radius 1 is 0.884 bits per heavy atom. The summed E-state index contributed by atoms with van der Waals surface area (Å²) in [5, 5.41) is 10.9. The Morgan fingerprint density at radius 3 is 2.38 bits per heavy atom. The molecule has 1 atom stereocenters. The summed E-state index contributed by atoms with van der Waals surface area (Å²) < 4.78 is 27.7. The number of carbonyl (C=O) groups is 2. The first-order valence-electron chi connectivity index (χ1n) is 24.2. The second kappa shape index (κ2) is 20.4. The van der Waals surface area contributed by atoms with Gasteiger partial charge in [0.15, 0.2) is 5.58 Å². The second-order valence-corrected chi connectivity index (χ2v) is 22.7. The molecule has 364 valence electrons. The van der Waals surface area contributed by atoms with Gasteiger partial charge in [-0.05, 0) is 135 Å². The highest BCUT2D eigenvalue weighted by atomic mass is 79.9. The number of ether oxygens (including phenoxy) is 1. The molecule has 3 fully saturated rings. The van der Waals surface area contributed by atoms with Gasteiger partial charge in [-0.3, -0.25) is 29.4 Å². The van der Waals surface area contributed by atoms with E-state index in [9.17, 15) is 18.9 Å². The van der Waals surface area contributed by atoms with Gasteiger partial charge in [-0.2, -0.15) is 4.98 Å². The van der Waals surface area contributed by atoms with Gasteiger partial charge in [0.1, 0.15) is 24.8 Å². The van der Waals surface area contributed by atoms with E-state index in [4.69, 9.17) is 19.1 Å². The molecule has 1 unspecified atom stereocenters. The zero-order valence-electron chi connectivity index (χ0n) is 40.4. The van der Waals surface area contributed by atoms with Gasteiger partial charge >= 0.3 is 5.76 Å². The lowest BCUT2D eigenvalue weighted by Gasteiger charge is -2.43. The zero-order valence-corrected chi connectivity index (χ0v) is 42.8. The van der Waals surface area contributed by atoms with Crippen molar-refractivity contribution in [1.29, 1.82) is 0 Å². The third kappa shape index (κ3) is 10.3. The number of benzene rings is 3. The van der Waals surface area contributed by atoms with Gasteiger partial charge in [-0.15, -0.1) is 0 Å². The van der Waals surface area contributed by atoms with Crippen LogP contribution in [0.4, 0.5) is 28.8 Å². The first-order chi connectivity index (χ1) is 33.2. The number of hydrogen-bond acceptors (Lipinski definition) is 14. The summed E-state index contributed by atoms with van der Waals surface area (Å²) in [6.45, 7) is 19.2. The van der Waals surface area contributed by atoms with Crippen LogP contribution >= 0.6 is 23.1 Å². The Labute approximate surface area is 411 Å². The van der Waals surface area contributed by atoms with E-state index in [2.05, 4.69) is 77.5 Å². The molecule has 16 nitrogen and oxygen atoms in total. The molecule has 0 bridgehead atoms. The van der Waals surface area contributed by atoms with E-state index in [1.54, 1.807) is 19.5 Å². The van der Waals surface area contributed by atoms with Crippen molar-refractivity contribution in [1.82, 2.24) is 34.6 Å². The topological polar surface area (TPSA) is 180 Å². The van der Waals surface area contributed by atoms with Crippen LogP contribution in [0.1, 0.15) is 74.9 Å². The molecule has 18 heteroatoms. The standard InChI is InChI=1S/C51H62BrN10O6P/c1-7-32-27-40(56-50-53-30-37(52)48(58-50)55-39-13-12-38-36(47(39)69(5,6)66)11-10-34(8-2)54-38)44(67-9-3)29-42(32)61-20-17-35(18-21-61)60-24-22-59(23-25-60)19-16-33-28-45-43(26-31(33)4)62(51(65)68-45)41-14-15-46(63)57-49(41)64/h10-13,26-30,35,41H,7-9,14-25H2,1-6H3,(H,57,63,64)(H2,53,55,56,58). The van der Waals surface area contributed by atoms with Gasteiger partial charge in [-0.1, -0.05) is 19.9 Å². The molecule has 3 aromatic heterocycles. The van der Waals surface area contributed by atoms with E-state index >= 15 is 0 Å². The van der Waals surface area contributed by atoms with Crippen molar-refractivity contribution in [3.63, 3.8) is 0 Å². The smallest absolute Gasteiger partial charge is 0.420 e. The van der Waals surface area contributed by atoms with Crippen molar-refractivity contribution in [2.45, 2.75) is 84.7 Å². The van der Waals surface area contributed by atoms with Crippen LogP contribution in [0.15, 0.2) is 68.4 Å². The predicted molar refractivity (Wildman–Crippen MR) is 277 cm³/mol. The fourth-order valence-electron chi connectivity index (χ4n) is 10.3. The maximum atomic E-state index is 13.8. The number of hydrogen-bond donors (Lipinski definition) is 3. The van der Waals surface area contributed by atoms with Crippen LogP contribution in [0.2, 0.25) is 0 Å². The summed E-state index contributed by atoms with van der Waals surface area (Å²) in [6.07, 6.45) is 6.83. The number of carbonyl (C=O) groups excluding carboxylic acids is 2. The molecule has 6 aromatic rings. The number of piperazine rings is 1. The van der Waals surface area contributed by atoms with E-state index in [0.717, 1.165) is 122 Å². The molecule has 69 heavy (non-hydrogen) atoms. The molecular weight excluding hydrogens is 960 g/mol. The van der Waals surface area contributed by atoms with E-state index < -0.39 is 24.8 Å². The third-order valence-electron chi connectivity index (χ3n) is 13.9. The quantitative estimate of drug-likeness (QED) is 0.0664. The Kier molecular flexibility index (Phi) is 14.3. The number of pyridine rings is 1. The first kappa shape index (κ1) is 48.4. The molecular formula is C51H62BrN10O6P. The number of aromatic nitrogens is 4. The van der Waals surface area contributed by atoms with Crippen LogP contribution in [0, 0.1) is 6.92 Å². The number of aryl methyl sites for hydroxylation is 3. The van der Waals surface area contributed by atoms with Gasteiger partial charge in [0, 0.05) is 92.6 Å². The normalized spacial score (nSPS) is 17.7. The highest BCUT2D eigenvalue weighted by Gasteiger charge is 2.33. The Morgan fingerprint density at radius 2 is 1.67 bits per heavy atom. The maximum Gasteiger partial charge on any atom is 0.420 e. The van der Waals surface area contributed by atoms with E-state index in [-0.39, 0.29) is 18.7 Å². The summed E-state index contributed by atoms with van der Waals surface area (Å²) in [7, 11) is -2.74. The average molecular weight is 1020 g/mol. The van der Waals surface area contributed by atoms with Gasteiger partial charge < -0.3 is 34.2 Å². The Bertz CT molecular complexity index is 3030. The molecule has 0 saturated carbocycles. The van der Waals surface area contributed by atoms with Crippen molar-refractivity contribution in [3.05, 3.63) is 92.1 Å². The number of anilines is 5. The largest absolute Gasteiger partial charge is 0.492 e. The lowest BCUT2D eigenvalue weighted by molar-refractivity contribution is -0.135. The van der Waals surface area contributed by atoms with Crippen molar-refractivity contribution in [3.8, 4) is 5.75 Å². The van der Waals surface area contributed by atoms with Crippen LogP contribution in [-0.2, 0) is 33.4 Å². The number of nitrogens with zero attached hydrogens (tertiary/aromatic N) is 7. The highest BCUT2D eigenvalue weighted by Crippen LogP contribution is 2.42. The number of fused-ring (bicyclic) bond motifs is 2. The summed E-state index contributed by atoms with van der Waals surface area (Å²) in [5.41, 5.74) is 8.95. The Balaban J connectivity index is 0.819. The van der Waals surface area contributed by atoms with Gasteiger partial charge in [-0.25, -0.2) is 9.78 Å². The van der Waals surface area contributed by atoms with E-state index in [1.165, 1.54) is 15.8 Å². The zero-order chi connectivity index (χ0) is 48.6. The molecule has 3 aromatic carbocycles. The highest BCUT2D eigenvalue weighted by molar-refractivity contribution is 9.10. The molecule has 3 aliphatic heterocycles. The molecule has 2 amide bonds. The minimum Gasteiger partial charge on any atom is -0.492 e.